The van der Waals surface area contributed by atoms with Gasteiger partial charge in [0.2, 0.25) is 15.7 Å². The van der Waals surface area contributed by atoms with Crippen molar-refractivity contribution < 1.29 is 66.2 Å². The minimum absolute atomic E-state index is 0.0874. The van der Waals surface area contributed by atoms with Gasteiger partial charge in [-0.3, -0.25) is 13.7 Å². The van der Waals surface area contributed by atoms with Gasteiger partial charge in [0.05, 0.1) is 33.3 Å². The van der Waals surface area contributed by atoms with Crippen molar-refractivity contribution in [3.63, 3.8) is 0 Å². The molecule has 2 aromatic rings. The third-order valence-corrected chi connectivity index (χ3v) is 16.7. The Labute approximate surface area is 396 Å². The van der Waals surface area contributed by atoms with Crippen molar-refractivity contribution in [1.82, 2.24) is 4.72 Å². The van der Waals surface area contributed by atoms with Crippen molar-refractivity contribution in [3.05, 3.63) is 94.7 Å². The molecule has 0 radical (unpaired) electrons. The summed E-state index contributed by atoms with van der Waals surface area (Å²) in [5.74, 6) is -0.783. The van der Waals surface area contributed by atoms with Crippen molar-refractivity contribution in [2.45, 2.75) is 119 Å². The van der Waals surface area contributed by atoms with E-state index in [2.05, 4.69) is 15.4 Å². The van der Waals surface area contributed by atoms with E-state index < -0.39 is 70.8 Å². The molecular weight excluding hydrogens is 968 g/mol. The molecule has 2 aromatic carbocycles. The lowest BCUT2D eigenvalue weighted by Gasteiger charge is -2.27. The van der Waals surface area contributed by atoms with Crippen LogP contribution in [0.2, 0.25) is 0 Å². The highest BCUT2D eigenvalue weighted by atomic mass is 32.2. The summed E-state index contributed by atoms with van der Waals surface area (Å²) in [5.41, 5.74) is 10.4. The molecule has 5 rings (SSSR count). The molecule has 0 amide bonds. The van der Waals surface area contributed by atoms with Crippen molar-refractivity contribution in [1.29, 1.82) is 0 Å². The summed E-state index contributed by atoms with van der Waals surface area (Å²) >= 11 is 0. The van der Waals surface area contributed by atoms with Gasteiger partial charge in [0.25, 0.3) is 30.4 Å². The van der Waals surface area contributed by atoms with Gasteiger partial charge in [-0.1, -0.05) is 44.9 Å². The maximum absolute atomic E-state index is 13.5. The summed E-state index contributed by atoms with van der Waals surface area (Å²) < 4.78 is 135. The third kappa shape index (κ3) is 15.1. The Morgan fingerprint density at radius 1 is 0.761 bits per heavy atom. The summed E-state index contributed by atoms with van der Waals surface area (Å²) in [4.78, 5) is 20.2. The molecule has 0 saturated carbocycles. The molecule has 0 bridgehead atoms. The van der Waals surface area contributed by atoms with Crippen molar-refractivity contribution >= 4 is 65.6 Å². The molecule has 372 valence electrons. The molecule has 0 fully saturated rings. The van der Waals surface area contributed by atoms with Crippen LogP contribution >= 0.6 is 8.09 Å². The zero-order valence-corrected chi connectivity index (χ0v) is 42.5. The summed E-state index contributed by atoms with van der Waals surface area (Å²) in [6, 6.07) is 9.40. The van der Waals surface area contributed by atoms with Crippen LogP contribution in [0.3, 0.4) is 0 Å². The number of benzene rings is 2. The van der Waals surface area contributed by atoms with Crippen LogP contribution in [-0.2, 0) is 55.7 Å². The Balaban J connectivity index is 1.40. The molecule has 0 aromatic heterocycles. The monoisotopic (exact) mass is 1030 g/mol. The largest absolute Gasteiger partial charge is 0.493 e. The van der Waals surface area contributed by atoms with E-state index in [0.29, 0.717) is 57.2 Å². The second kappa shape index (κ2) is 21.8. The number of nitrogens with two attached hydrogens (primary N) is 1. The Morgan fingerprint density at radius 2 is 1.40 bits per heavy atom. The zero-order valence-electron chi connectivity index (χ0n) is 38.3. The first kappa shape index (κ1) is 54.7. The standard InChI is InChI=1S/C44H63N4O14PS4/c1-43(2)37-31-35(66(57,58)46-24-7-5-6-10-27-62-63(45,49)50)18-20-39(37)47(25-8-11-28-64(51,52)53)41(43)22-16-33-14-13-15-34(30-33)17-23-42-44(3,4)38-32-36(67(59,60)61)19-21-40(38)48(42)26-9-12-29-65(54,55)56/h16-23,30-32,46,49-50H,5-15,24-29,45H2,1-4H3,(H-2,51,52,53,54,55,56,59,60,61)/p+2. The van der Waals surface area contributed by atoms with E-state index in [-0.39, 0.29) is 35.8 Å². The number of nitrogens with zero attached hydrogens (tertiary/aromatic N) is 2. The van der Waals surface area contributed by atoms with Crippen molar-refractivity contribution in [3.8, 4) is 0 Å². The number of anilines is 1. The van der Waals surface area contributed by atoms with Gasteiger partial charge in [-0.2, -0.15) is 44.1 Å². The molecule has 2 aliphatic heterocycles. The van der Waals surface area contributed by atoms with Crippen LogP contribution in [0.5, 0.6) is 0 Å². The van der Waals surface area contributed by atoms with Gasteiger partial charge in [0.15, 0.2) is 5.71 Å². The number of unbranched alkanes of at least 4 members (excludes halogenated alkanes) is 5. The Morgan fingerprint density at radius 3 is 2.06 bits per heavy atom. The van der Waals surface area contributed by atoms with Gasteiger partial charge in [-0.15, -0.1) is 5.50 Å². The third-order valence-electron chi connectivity index (χ3n) is 12.3. The summed E-state index contributed by atoms with van der Waals surface area (Å²) in [6.07, 6.45) is 16.2. The van der Waals surface area contributed by atoms with E-state index in [4.69, 9.17) is 19.8 Å². The van der Waals surface area contributed by atoms with E-state index in [1.54, 1.807) is 24.3 Å². The van der Waals surface area contributed by atoms with Crippen LogP contribution in [0.4, 0.5) is 11.4 Å². The molecule has 0 saturated heterocycles. The van der Waals surface area contributed by atoms with Crippen molar-refractivity contribution in [2.75, 3.05) is 42.6 Å². The lowest BCUT2D eigenvalue weighted by atomic mass is 9.81. The predicted molar refractivity (Wildman–Crippen MR) is 260 cm³/mol. The fraction of sp³-hybridized carbons (Fsp3) is 0.523. The van der Waals surface area contributed by atoms with Crippen LogP contribution in [0.25, 0.3) is 0 Å². The fourth-order valence-corrected chi connectivity index (χ4v) is 12.0. The quantitative estimate of drug-likeness (QED) is 0.0259. The minimum Gasteiger partial charge on any atom is -0.344 e. The molecular formula is C44H65N4O14PS4+2. The van der Waals surface area contributed by atoms with Gasteiger partial charge in [0, 0.05) is 54.0 Å². The number of rotatable bonds is 24. The first-order chi connectivity index (χ1) is 31.0. The highest BCUT2D eigenvalue weighted by molar-refractivity contribution is 7.89. The maximum Gasteiger partial charge on any atom is 0.493 e. The Kier molecular flexibility index (Phi) is 17.8. The molecule has 3 aliphatic rings. The molecule has 67 heavy (non-hydrogen) atoms. The van der Waals surface area contributed by atoms with Crippen LogP contribution in [0, 0.1) is 0 Å². The molecule has 0 atom stereocenters. The highest BCUT2D eigenvalue weighted by Gasteiger charge is 2.45. The molecule has 23 heteroatoms. The normalized spacial score (nSPS) is 18.9. The maximum atomic E-state index is 13.5. The SMILES string of the molecule is CC1(C)C(/C=C/C2=CC(=C/C=C3/N(CCCCS(=O)(=O)O)c4ccc(S(=O)(=O)O)cc4C3(C)C)/CCC2)=[N+](CCCCS(=O)(=O)O)c2ccc(S(=O)(=O)NCCCCCCO[P+](N)(O)O)cc21. The second-order valence-electron chi connectivity index (χ2n) is 18.2. The number of hydrogen-bond acceptors (Lipinski definition) is 13. The second-order valence-corrected chi connectivity index (χ2v) is 26.0. The van der Waals surface area contributed by atoms with Crippen LogP contribution in [0.15, 0.2) is 93.4 Å². The van der Waals surface area contributed by atoms with Gasteiger partial charge >= 0.3 is 8.09 Å². The van der Waals surface area contributed by atoms with Crippen LogP contribution in [-0.4, -0.2) is 105 Å². The summed E-state index contributed by atoms with van der Waals surface area (Å²) in [7, 11) is -20.5. The van der Waals surface area contributed by atoms with E-state index in [0.717, 1.165) is 58.8 Å². The van der Waals surface area contributed by atoms with Gasteiger partial charge in [0.1, 0.15) is 6.54 Å². The molecule has 0 unspecified atom stereocenters. The zero-order chi connectivity index (χ0) is 49.6. The Hall–Kier alpha value is -3.22. The average molecular weight is 1030 g/mol. The highest BCUT2D eigenvalue weighted by Crippen LogP contribution is 2.49. The summed E-state index contributed by atoms with van der Waals surface area (Å²) in [5, 5.41) is 0. The predicted octanol–water partition coefficient (Wildman–Crippen LogP) is 6.40. The summed E-state index contributed by atoms with van der Waals surface area (Å²) in [6.45, 7) is 8.97. The average Bonchev–Trinajstić information content (AvgIpc) is 3.56. The number of allylic oxidation sites excluding steroid dienone is 8. The van der Waals surface area contributed by atoms with E-state index in [1.165, 1.54) is 12.1 Å². The lowest BCUT2D eigenvalue weighted by Crippen LogP contribution is -2.28. The molecule has 0 spiro atoms. The van der Waals surface area contributed by atoms with Crippen molar-refractivity contribution in [2.24, 2.45) is 5.50 Å². The molecule has 18 nitrogen and oxygen atoms in total. The number of nitrogens with one attached hydrogen (secondary N) is 1. The first-order valence-corrected chi connectivity index (χ1v) is 30.0. The van der Waals surface area contributed by atoms with Gasteiger partial charge in [-0.25, -0.2) is 13.1 Å². The van der Waals surface area contributed by atoms with E-state index >= 15 is 0 Å². The van der Waals surface area contributed by atoms with Crippen LogP contribution in [0.1, 0.15) is 109 Å². The molecule has 8 N–H and O–H groups in total. The van der Waals surface area contributed by atoms with Crippen LogP contribution < -0.4 is 15.1 Å². The van der Waals surface area contributed by atoms with E-state index in [9.17, 15) is 47.3 Å². The van der Waals surface area contributed by atoms with E-state index in [1.807, 2.05) is 56.9 Å². The number of sulfonamides is 1. The topological polar surface area (TPSA) is 291 Å². The van der Waals surface area contributed by atoms with Gasteiger partial charge < -0.3 is 4.90 Å². The smallest absolute Gasteiger partial charge is 0.344 e. The van der Waals surface area contributed by atoms with Gasteiger partial charge in [-0.05, 0) is 118 Å². The number of hydrogen-bond donors (Lipinski definition) is 7. The number of fused-ring (bicyclic) bond motifs is 2. The lowest BCUT2D eigenvalue weighted by molar-refractivity contribution is -0.438. The Bertz CT molecular complexity index is 2780. The fourth-order valence-electron chi connectivity index (χ4n) is 8.81. The molecule has 1 aliphatic carbocycles. The minimum atomic E-state index is -4.49. The first-order valence-electron chi connectivity index (χ1n) is 22.2. The molecule has 2 heterocycles.